The molecule has 0 aromatic carbocycles. The summed E-state index contributed by atoms with van der Waals surface area (Å²) >= 11 is 0. The molecule has 48 heavy (non-hydrogen) atoms. The van der Waals surface area contributed by atoms with Crippen LogP contribution < -0.4 is 10.6 Å². The van der Waals surface area contributed by atoms with Crippen LogP contribution in [-0.2, 0) is 33.4 Å². The Balaban J connectivity index is 2.80. The summed E-state index contributed by atoms with van der Waals surface area (Å²) < 4.78 is 10.7. The number of rotatable bonds is 15. The molecule has 0 spiro atoms. The maximum Gasteiger partial charge on any atom is 0.408 e. The van der Waals surface area contributed by atoms with Crippen molar-refractivity contribution in [3.05, 3.63) is 0 Å². The molecule has 0 aromatic rings. The molecule has 0 unspecified atom stereocenters. The molecular weight excluding hydrogens is 632 g/mol. The molecule has 1 fully saturated rings. The van der Waals surface area contributed by atoms with E-state index in [0.717, 1.165) is 0 Å². The number of carboxylic acid groups (broad SMARTS) is 3. The molecule has 1 aliphatic heterocycles. The Hall–Kier alpha value is -3.54. The zero-order chi connectivity index (χ0) is 36.5. The number of carbonyl (C=O) groups excluding carboxylic acids is 3. The van der Waals surface area contributed by atoms with E-state index in [1.54, 1.807) is 56.2 Å². The smallest absolute Gasteiger partial charge is 0.408 e. The van der Waals surface area contributed by atoms with Gasteiger partial charge in [0.2, 0.25) is 5.91 Å². The normalized spacial score (nSPS) is 17.3. The molecule has 0 saturated carbocycles. The topological polar surface area (TPSA) is 219 Å². The van der Waals surface area contributed by atoms with E-state index in [2.05, 4.69) is 10.6 Å². The highest BCUT2D eigenvalue weighted by molar-refractivity contribution is 5.81. The first-order chi connectivity index (χ1) is 22.2. The molecule has 1 atom stereocenters. The monoisotopic (exact) mass is 688 g/mol. The molecule has 5 N–H and O–H groups in total. The van der Waals surface area contributed by atoms with Gasteiger partial charge in [-0.25, -0.2) is 9.59 Å². The Morgan fingerprint density at radius 1 is 0.604 bits per heavy atom. The summed E-state index contributed by atoms with van der Waals surface area (Å²) in [5, 5.41) is 33.5. The van der Waals surface area contributed by atoms with Gasteiger partial charge in [-0.1, -0.05) is 0 Å². The second kappa shape index (κ2) is 20.7. The lowest BCUT2D eigenvalue weighted by molar-refractivity contribution is -0.157. The molecule has 0 aliphatic carbocycles. The van der Waals surface area contributed by atoms with Crippen molar-refractivity contribution in [2.45, 2.75) is 78.0 Å². The fraction of sp³-hybridized carbons (Fsp3) is 0.806. The summed E-state index contributed by atoms with van der Waals surface area (Å²) in [6.45, 7) is 12.3. The largest absolute Gasteiger partial charge is 0.480 e. The van der Waals surface area contributed by atoms with Crippen molar-refractivity contribution >= 4 is 35.9 Å². The van der Waals surface area contributed by atoms with Crippen LogP contribution in [0.15, 0.2) is 0 Å². The first-order valence-electron chi connectivity index (χ1n) is 16.3. The van der Waals surface area contributed by atoms with E-state index in [9.17, 15) is 44.1 Å². The highest BCUT2D eigenvalue weighted by Crippen LogP contribution is 2.13. The van der Waals surface area contributed by atoms with Gasteiger partial charge in [0.1, 0.15) is 17.2 Å². The third-order valence-corrected chi connectivity index (χ3v) is 7.00. The van der Waals surface area contributed by atoms with E-state index in [-0.39, 0.29) is 64.7 Å². The van der Waals surface area contributed by atoms with Gasteiger partial charge in [0.15, 0.2) is 0 Å². The van der Waals surface area contributed by atoms with Crippen LogP contribution in [0, 0.1) is 0 Å². The lowest BCUT2D eigenvalue weighted by Gasteiger charge is -2.32. The number of hydrogen-bond acceptors (Lipinski definition) is 12. The van der Waals surface area contributed by atoms with Gasteiger partial charge >= 0.3 is 30.0 Å². The molecule has 0 radical (unpaired) electrons. The highest BCUT2D eigenvalue weighted by Gasteiger charge is 2.28. The Morgan fingerprint density at radius 3 is 1.33 bits per heavy atom. The fourth-order valence-electron chi connectivity index (χ4n) is 4.82. The summed E-state index contributed by atoms with van der Waals surface area (Å²) in [5.41, 5.74) is -1.50. The Morgan fingerprint density at radius 2 is 0.979 bits per heavy atom. The minimum absolute atomic E-state index is 0.00625. The number of amides is 2. The summed E-state index contributed by atoms with van der Waals surface area (Å²) in [6, 6.07) is -0.934. The maximum atomic E-state index is 12.9. The van der Waals surface area contributed by atoms with Gasteiger partial charge in [-0.2, -0.15) is 0 Å². The number of carboxylic acids is 3. The number of alkyl carbamates (subject to hydrolysis) is 1. The highest BCUT2D eigenvalue weighted by atomic mass is 16.6. The molecule has 276 valence electrons. The molecule has 0 aromatic heterocycles. The number of unbranched alkanes of at least 4 members (excludes halogenated alkanes) is 1. The van der Waals surface area contributed by atoms with E-state index in [1.807, 2.05) is 4.90 Å². The summed E-state index contributed by atoms with van der Waals surface area (Å²) in [7, 11) is 0. The van der Waals surface area contributed by atoms with Gasteiger partial charge in [-0.3, -0.25) is 38.8 Å². The SMILES string of the molecule is CC(C)(C)OC(=O)N[C@@H](CCCCNC(=O)CN1CCN(CC(=O)O)CCN(CC(=O)O)CCN(CC(=O)O)CC1)C(=O)OC(C)(C)C. The molecule has 17 nitrogen and oxygen atoms in total. The lowest BCUT2D eigenvalue weighted by atomic mass is 10.1. The zero-order valence-electron chi connectivity index (χ0n) is 29.3. The van der Waals surface area contributed by atoms with Gasteiger partial charge in [-0.15, -0.1) is 0 Å². The van der Waals surface area contributed by atoms with E-state index in [0.29, 0.717) is 45.6 Å². The minimum Gasteiger partial charge on any atom is -0.480 e. The van der Waals surface area contributed by atoms with Crippen molar-refractivity contribution in [3.63, 3.8) is 0 Å². The van der Waals surface area contributed by atoms with Crippen LogP contribution in [0.2, 0.25) is 0 Å². The number of esters is 1. The zero-order valence-corrected chi connectivity index (χ0v) is 29.3. The summed E-state index contributed by atoms with van der Waals surface area (Å²) in [5.74, 6) is -3.96. The van der Waals surface area contributed by atoms with E-state index < -0.39 is 47.2 Å². The van der Waals surface area contributed by atoms with Crippen LogP contribution in [0.4, 0.5) is 4.79 Å². The number of ether oxygens (including phenoxy) is 2. The van der Waals surface area contributed by atoms with Gasteiger partial charge < -0.3 is 35.4 Å². The number of hydrogen-bond donors (Lipinski definition) is 5. The van der Waals surface area contributed by atoms with Crippen LogP contribution in [0.5, 0.6) is 0 Å². The first-order valence-corrected chi connectivity index (χ1v) is 16.3. The number of nitrogens with zero attached hydrogens (tertiary/aromatic N) is 4. The molecule has 1 aliphatic rings. The predicted octanol–water partition coefficient (Wildman–Crippen LogP) is -0.0167. The molecule has 2 amide bonds. The minimum atomic E-state index is -1.03. The average molecular weight is 689 g/mol. The van der Waals surface area contributed by atoms with Crippen LogP contribution in [-0.4, -0.2) is 173 Å². The fourth-order valence-corrected chi connectivity index (χ4v) is 4.82. The molecule has 0 bridgehead atoms. The van der Waals surface area contributed by atoms with Crippen molar-refractivity contribution in [3.8, 4) is 0 Å². The number of nitrogens with one attached hydrogen (secondary N) is 2. The predicted molar refractivity (Wildman–Crippen MR) is 175 cm³/mol. The van der Waals surface area contributed by atoms with E-state index >= 15 is 0 Å². The Bertz CT molecular complexity index is 1040. The number of carbonyl (C=O) groups is 6. The molecule has 1 heterocycles. The molecular formula is C31H56N6O11. The van der Waals surface area contributed by atoms with Crippen molar-refractivity contribution in [1.82, 2.24) is 30.2 Å². The Kier molecular flexibility index (Phi) is 18.4. The van der Waals surface area contributed by atoms with Crippen molar-refractivity contribution in [2.24, 2.45) is 0 Å². The first kappa shape index (κ1) is 42.5. The van der Waals surface area contributed by atoms with Crippen molar-refractivity contribution in [2.75, 3.05) is 85.1 Å². The summed E-state index contributed by atoms with van der Waals surface area (Å²) in [4.78, 5) is 79.2. The summed E-state index contributed by atoms with van der Waals surface area (Å²) in [6.07, 6.45) is 0.516. The standard InChI is InChI=1S/C31H56N6O11/c1-30(2,3)47-28(45)23(33-29(46)48-31(4,5)6)9-7-8-10-32-24(38)19-34-11-13-35(20-25(39)40)15-17-37(22-27(43)44)18-16-36(14-12-34)21-26(41)42/h23H,7-22H2,1-6H3,(H,32,38)(H,33,46)(H,39,40)(H,41,42)(H,43,44)/t23-/m0/s1. The van der Waals surface area contributed by atoms with Crippen LogP contribution in [0.25, 0.3) is 0 Å². The van der Waals surface area contributed by atoms with Gasteiger partial charge in [0.05, 0.1) is 26.2 Å². The molecule has 1 rings (SSSR count). The maximum absolute atomic E-state index is 12.9. The van der Waals surface area contributed by atoms with E-state index in [1.165, 1.54) is 0 Å². The van der Waals surface area contributed by atoms with Crippen molar-refractivity contribution < 1.29 is 53.6 Å². The number of aliphatic carboxylic acids is 3. The van der Waals surface area contributed by atoms with E-state index in [4.69, 9.17) is 9.47 Å². The second-order valence-corrected chi connectivity index (χ2v) is 13.9. The van der Waals surface area contributed by atoms with Crippen molar-refractivity contribution in [1.29, 1.82) is 0 Å². The second-order valence-electron chi connectivity index (χ2n) is 13.9. The quantitative estimate of drug-likeness (QED) is 0.113. The third-order valence-electron chi connectivity index (χ3n) is 7.00. The average Bonchev–Trinajstić information content (AvgIpc) is 2.90. The third kappa shape index (κ3) is 21.4. The molecule has 1 saturated heterocycles. The van der Waals surface area contributed by atoms with Crippen LogP contribution >= 0.6 is 0 Å². The Labute approximate surface area is 282 Å². The van der Waals surface area contributed by atoms with Gasteiger partial charge in [0.25, 0.3) is 0 Å². The van der Waals surface area contributed by atoms with Crippen LogP contribution in [0.1, 0.15) is 60.8 Å². The van der Waals surface area contributed by atoms with Gasteiger partial charge in [-0.05, 0) is 60.8 Å². The van der Waals surface area contributed by atoms with Crippen LogP contribution in [0.3, 0.4) is 0 Å². The molecule has 17 heteroatoms. The van der Waals surface area contributed by atoms with Gasteiger partial charge in [0, 0.05) is 58.9 Å². The lowest BCUT2D eigenvalue weighted by Crippen LogP contribution is -2.49.